The summed E-state index contributed by atoms with van der Waals surface area (Å²) in [6.07, 6.45) is 3.01. The molecule has 8 nitrogen and oxygen atoms in total. The van der Waals surface area contributed by atoms with Crippen LogP contribution in [0.25, 0.3) is 0 Å². The zero-order valence-corrected chi connectivity index (χ0v) is 12.4. The van der Waals surface area contributed by atoms with Crippen molar-refractivity contribution in [2.75, 3.05) is 20.2 Å². The van der Waals surface area contributed by atoms with Gasteiger partial charge in [-0.05, 0) is 6.42 Å². The van der Waals surface area contributed by atoms with Gasteiger partial charge in [0, 0.05) is 44.9 Å². The number of methoxy groups -OCH3 is 1. The lowest BCUT2D eigenvalue weighted by Crippen LogP contribution is -2.34. The lowest BCUT2D eigenvalue weighted by atomic mass is 10.1. The number of fused-ring (bicyclic) bond motifs is 1. The van der Waals surface area contributed by atoms with E-state index in [0.717, 1.165) is 24.1 Å². The van der Waals surface area contributed by atoms with Crippen molar-refractivity contribution in [1.82, 2.24) is 29.4 Å². The normalized spacial score (nSPS) is 14.7. The maximum atomic E-state index is 12.4. The van der Waals surface area contributed by atoms with Crippen molar-refractivity contribution >= 4 is 5.91 Å². The van der Waals surface area contributed by atoms with E-state index in [2.05, 4.69) is 15.2 Å². The Morgan fingerprint density at radius 1 is 1.24 bits per heavy atom. The lowest BCUT2D eigenvalue weighted by Gasteiger charge is -2.18. The fourth-order valence-corrected chi connectivity index (χ4v) is 2.68. The van der Waals surface area contributed by atoms with Crippen LogP contribution in [0.2, 0.25) is 0 Å². The SMILES string of the molecule is COc1nn(C)c2c1CCN(C(=O)c1ncn(C)n1)CC2. The lowest BCUT2D eigenvalue weighted by molar-refractivity contribution is 0.0749. The molecule has 0 fully saturated rings. The number of amides is 1. The van der Waals surface area contributed by atoms with Gasteiger partial charge in [-0.1, -0.05) is 0 Å². The summed E-state index contributed by atoms with van der Waals surface area (Å²) in [5.41, 5.74) is 2.21. The molecule has 0 saturated heterocycles. The second-order valence-corrected chi connectivity index (χ2v) is 5.09. The summed E-state index contributed by atoms with van der Waals surface area (Å²) in [7, 11) is 5.27. The van der Waals surface area contributed by atoms with E-state index >= 15 is 0 Å². The summed E-state index contributed by atoms with van der Waals surface area (Å²) in [6, 6.07) is 0. The third kappa shape index (κ3) is 2.37. The van der Waals surface area contributed by atoms with E-state index in [0.29, 0.717) is 19.0 Å². The minimum atomic E-state index is -0.129. The topological polar surface area (TPSA) is 78.1 Å². The van der Waals surface area contributed by atoms with Crippen LogP contribution in [0.15, 0.2) is 6.33 Å². The standard InChI is InChI=1S/C13H18N6O2/c1-17-8-14-11(15-17)13(20)19-6-4-9-10(5-7-19)18(2)16-12(9)21-3/h8H,4-7H2,1-3H3. The fourth-order valence-electron chi connectivity index (χ4n) is 2.68. The number of aromatic nitrogens is 5. The molecule has 0 N–H and O–H groups in total. The Bertz CT molecular complexity index is 674. The number of carbonyl (C=O) groups excluding carboxylic acids is 1. The Kier molecular flexibility index (Phi) is 3.36. The highest BCUT2D eigenvalue weighted by molar-refractivity contribution is 5.90. The summed E-state index contributed by atoms with van der Waals surface area (Å²) < 4.78 is 8.68. The summed E-state index contributed by atoms with van der Waals surface area (Å²) >= 11 is 0. The Morgan fingerprint density at radius 2 is 2.00 bits per heavy atom. The van der Waals surface area contributed by atoms with Gasteiger partial charge in [0.1, 0.15) is 6.33 Å². The molecule has 0 aromatic carbocycles. The Balaban J connectivity index is 1.80. The van der Waals surface area contributed by atoms with Crippen molar-refractivity contribution in [2.24, 2.45) is 14.1 Å². The van der Waals surface area contributed by atoms with Gasteiger partial charge >= 0.3 is 0 Å². The molecule has 2 aromatic rings. The van der Waals surface area contributed by atoms with Crippen LogP contribution >= 0.6 is 0 Å². The van der Waals surface area contributed by atoms with Crippen LogP contribution in [-0.4, -0.2) is 55.6 Å². The monoisotopic (exact) mass is 290 g/mol. The van der Waals surface area contributed by atoms with E-state index in [-0.39, 0.29) is 11.7 Å². The first-order valence-electron chi connectivity index (χ1n) is 6.83. The predicted molar refractivity (Wildman–Crippen MR) is 74.1 cm³/mol. The van der Waals surface area contributed by atoms with Gasteiger partial charge in [0.15, 0.2) is 0 Å². The summed E-state index contributed by atoms with van der Waals surface area (Å²) in [4.78, 5) is 18.2. The predicted octanol–water partition coefficient (Wildman–Crippen LogP) is -0.202. The van der Waals surface area contributed by atoms with Crippen LogP contribution in [0.5, 0.6) is 5.88 Å². The van der Waals surface area contributed by atoms with Gasteiger partial charge in [0.2, 0.25) is 11.7 Å². The molecule has 112 valence electrons. The molecule has 3 rings (SSSR count). The number of carbonyl (C=O) groups is 1. The van der Waals surface area contributed by atoms with Gasteiger partial charge in [-0.15, -0.1) is 10.2 Å². The number of hydrogen-bond acceptors (Lipinski definition) is 5. The molecule has 8 heteroatoms. The molecule has 0 saturated carbocycles. The summed E-state index contributed by atoms with van der Waals surface area (Å²) in [5.74, 6) is 0.765. The van der Waals surface area contributed by atoms with Gasteiger partial charge in [-0.25, -0.2) is 4.98 Å². The van der Waals surface area contributed by atoms with Crippen LogP contribution in [0.4, 0.5) is 0 Å². The molecule has 0 spiro atoms. The number of aryl methyl sites for hydroxylation is 2. The molecule has 0 bridgehead atoms. The molecule has 0 atom stereocenters. The number of rotatable bonds is 2. The molecule has 0 radical (unpaired) electrons. The van der Waals surface area contributed by atoms with Crippen LogP contribution in [-0.2, 0) is 26.9 Å². The van der Waals surface area contributed by atoms with Crippen molar-refractivity contribution < 1.29 is 9.53 Å². The number of hydrogen-bond donors (Lipinski definition) is 0. The maximum Gasteiger partial charge on any atom is 0.293 e. The van der Waals surface area contributed by atoms with E-state index in [1.165, 1.54) is 11.0 Å². The average Bonchev–Trinajstić information content (AvgIpc) is 2.94. The van der Waals surface area contributed by atoms with Crippen molar-refractivity contribution in [3.8, 4) is 5.88 Å². The highest BCUT2D eigenvalue weighted by Gasteiger charge is 2.26. The molecule has 0 aliphatic carbocycles. The Morgan fingerprint density at radius 3 is 2.67 bits per heavy atom. The number of ether oxygens (including phenoxy) is 1. The second kappa shape index (κ2) is 5.19. The van der Waals surface area contributed by atoms with Gasteiger partial charge in [-0.2, -0.15) is 0 Å². The molecule has 1 aliphatic rings. The van der Waals surface area contributed by atoms with Crippen LogP contribution in [0, 0.1) is 0 Å². The highest BCUT2D eigenvalue weighted by Crippen LogP contribution is 2.25. The molecule has 3 heterocycles. The number of nitrogens with zero attached hydrogens (tertiary/aromatic N) is 6. The molecule has 1 aliphatic heterocycles. The zero-order chi connectivity index (χ0) is 15.0. The quantitative estimate of drug-likeness (QED) is 0.765. The van der Waals surface area contributed by atoms with Crippen molar-refractivity contribution in [2.45, 2.75) is 12.8 Å². The third-order valence-corrected chi connectivity index (χ3v) is 3.76. The van der Waals surface area contributed by atoms with Gasteiger partial charge in [0.25, 0.3) is 5.91 Å². The smallest absolute Gasteiger partial charge is 0.293 e. The van der Waals surface area contributed by atoms with Gasteiger partial charge in [-0.3, -0.25) is 14.2 Å². The van der Waals surface area contributed by atoms with Crippen LogP contribution < -0.4 is 4.74 Å². The first-order chi connectivity index (χ1) is 10.1. The van der Waals surface area contributed by atoms with Gasteiger partial charge < -0.3 is 9.64 Å². The molecule has 1 amide bonds. The fraction of sp³-hybridized carbons (Fsp3) is 0.538. The minimum absolute atomic E-state index is 0.129. The molecule has 0 unspecified atom stereocenters. The van der Waals surface area contributed by atoms with Crippen LogP contribution in [0.1, 0.15) is 21.9 Å². The molecule has 21 heavy (non-hydrogen) atoms. The molecular weight excluding hydrogens is 272 g/mol. The van der Waals surface area contributed by atoms with Crippen molar-refractivity contribution in [3.63, 3.8) is 0 Å². The Labute approximate surface area is 122 Å². The van der Waals surface area contributed by atoms with E-state index in [1.54, 1.807) is 19.1 Å². The zero-order valence-electron chi connectivity index (χ0n) is 12.4. The van der Waals surface area contributed by atoms with Gasteiger partial charge in [0.05, 0.1) is 7.11 Å². The van der Waals surface area contributed by atoms with E-state index in [9.17, 15) is 4.79 Å². The average molecular weight is 290 g/mol. The maximum absolute atomic E-state index is 12.4. The molecule has 2 aromatic heterocycles. The van der Waals surface area contributed by atoms with E-state index in [4.69, 9.17) is 4.74 Å². The van der Waals surface area contributed by atoms with Crippen LogP contribution in [0.3, 0.4) is 0 Å². The van der Waals surface area contributed by atoms with Crippen molar-refractivity contribution in [3.05, 3.63) is 23.4 Å². The third-order valence-electron chi connectivity index (χ3n) is 3.76. The van der Waals surface area contributed by atoms with Crippen molar-refractivity contribution in [1.29, 1.82) is 0 Å². The second-order valence-electron chi connectivity index (χ2n) is 5.09. The molecular formula is C13H18N6O2. The van der Waals surface area contributed by atoms with E-state index in [1.807, 2.05) is 11.7 Å². The summed E-state index contributed by atoms with van der Waals surface area (Å²) in [6.45, 7) is 1.25. The first kappa shape index (κ1) is 13.6. The van der Waals surface area contributed by atoms with E-state index < -0.39 is 0 Å². The largest absolute Gasteiger partial charge is 0.480 e. The Hall–Kier alpha value is -2.38. The minimum Gasteiger partial charge on any atom is -0.480 e. The summed E-state index contributed by atoms with van der Waals surface area (Å²) in [5, 5.41) is 8.42. The first-order valence-corrected chi connectivity index (χ1v) is 6.83. The highest BCUT2D eigenvalue weighted by atomic mass is 16.5.